The Morgan fingerprint density at radius 1 is 1.29 bits per heavy atom. The van der Waals surface area contributed by atoms with Crippen molar-refractivity contribution in [3.05, 3.63) is 12.2 Å². The monoisotopic (exact) mass is 238 g/mol. The van der Waals surface area contributed by atoms with E-state index >= 15 is 0 Å². The van der Waals surface area contributed by atoms with Gasteiger partial charge in [-0.25, -0.2) is 0 Å². The topological polar surface area (TPSA) is 35.8 Å². The predicted molar refractivity (Wildman–Crippen MR) is 73.5 cm³/mol. The molecule has 0 bridgehead atoms. The third-order valence-electron chi connectivity index (χ3n) is 3.07. The molecule has 98 valence electrons. The number of β-amino-alcohol motifs (C(OH)–C–C–N with tert-alkyl or cyclic N) is 1. The Morgan fingerprint density at radius 3 is 2.88 bits per heavy atom. The zero-order valence-corrected chi connectivity index (χ0v) is 11.1. The van der Waals surface area contributed by atoms with Gasteiger partial charge in [-0.15, -0.1) is 0 Å². The fourth-order valence-electron chi connectivity index (χ4n) is 2.09. The summed E-state index contributed by atoms with van der Waals surface area (Å²) in [5.41, 5.74) is 0. The van der Waals surface area contributed by atoms with E-state index in [1.54, 1.807) is 0 Å². The van der Waals surface area contributed by atoms with E-state index in [0.717, 1.165) is 32.5 Å². The molecule has 0 saturated heterocycles. The van der Waals surface area contributed by atoms with Gasteiger partial charge in [-0.2, -0.15) is 0 Å². The largest absolute Gasteiger partial charge is 0.395 e. The van der Waals surface area contributed by atoms with E-state index in [0.29, 0.717) is 0 Å². The molecule has 0 atom stereocenters. The van der Waals surface area contributed by atoms with Gasteiger partial charge in [0.15, 0.2) is 0 Å². The zero-order chi connectivity index (χ0) is 12.3. The Hall–Kier alpha value is -0.830. The molecule has 3 nitrogen and oxygen atoms in total. The number of unbranched alkanes of at least 4 members (excludes halogenated alkanes) is 3. The van der Waals surface area contributed by atoms with E-state index in [9.17, 15) is 0 Å². The third-order valence-corrected chi connectivity index (χ3v) is 3.07. The second kappa shape index (κ2) is 9.23. The van der Waals surface area contributed by atoms with Crippen LogP contribution in [0.4, 0.5) is 0 Å². The second-order valence-corrected chi connectivity index (χ2v) is 4.51. The van der Waals surface area contributed by atoms with E-state index in [-0.39, 0.29) is 6.61 Å². The number of hydrogen-bond acceptors (Lipinski definition) is 3. The first-order chi connectivity index (χ1) is 8.38. The van der Waals surface area contributed by atoms with Gasteiger partial charge in [-0.05, 0) is 19.3 Å². The SMILES string of the molecule is CCCCC/C=C/CCC1=NCCN1CCO. The van der Waals surface area contributed by atoms with Crippen LogP contribution in [0.1, 0.15) is 45.4 Å². The Balaban J connectivity index is 2.09. The van der Waals surface area contributed by atoms with Gasteiger partial charge in [0.25, 0.3) is 0 Å². The normalized spacial score (nSPS) is 15.9. The Kier molecular flexibility index (Phi) is 7.72. The van der Waals surface area contributed by atoms with E-state index in [1.807, 2.05) is 0 Å². The lowest BCUT2D eigenvalue weighted by molar-refractivity contribution is 0.255. The number of aliphatic hydroxyl groups is 1. The molecule has 1 rings (SSSR count). The molecular formula is C14H26N2O. The van der Waals surface area contributed by atoms with Gasteiger partial charge < -0.3 is 10.0 Å². The van der Waals surface area contributed by atoms with Crippen molar-refractivity contribution in [3.63, 3.8) is 0 Å². The molecule has 0 aliphatic carbocycles. The lowest BCUT2D eigenvalue weighted by Gasteiger charge is -2.18. The number of rotatable bonds is 9. The van der Waals surface area contributed by atoms with Gasteiger partial charge >= 0.3 is 0 Å². The highest BCUT2D eigenvalue weighted by atomic mass is 16.3. The zero-order valence-electron chi connectivity index (χ0n) is 11.1. The minimum atomic E-state index is 0.228. The van der Waals surface area contributed by atoms with Crippen LogP contribution >= 0.6 is 0 Å². The van der Waals surface area contributed by atoms with Gasteiger partial charge in [0.05, 0.1) is 19.0 Å². The highest BCUT2D eigenvalue weighted by molar-refractivity contribution is 5.83. The molecule has 0 aromatic heterocycles. The second-order valence-electron chi connectivity index (χ2n) is 4.51. The minimum absolute atomic E-state index is 0.228. The highest BCUT2D eigenvalue weighted by Gasteiger charge is 2.14. The maximum absolute atomic E-state index is 8.93. The van der Waals surface area contributed by atoms with Crippen LogP contribution < -0.4 is 0 Å². The molecule has 0 saturated carbocycles. The molecule has 1 N–H and O–H groups in total. The van der Waals surface area contributed by atoms with Crippen LogP contribution in [0.5, 0.6) is 0 Å². The van der Waals surface area contributed by atoms with Crippen molar-refractivity contribution in [2.45, 2.75) is 45.4 Å². The van der Waals surface area contributed by atoms with Gasteiger partial charge in [0.2, 0.25) is 0 Å². The summed E-state index contributed by atoms with van der Waals surface area (Å²) in [4.78, 5) is 6.68. The maximum Gasteiger partial charge on any atom is 0.0994 e. The maximum atomic E-state index is 8.93. The Morgan fingerprint density at radius 2 is 2.12 bits per heavy atom. The molecule has 17 heavy (non-hydrogen) atoms. The number of allylic oxidation sites excluding steroid dienone is 2. The number of aliphatic imine (C=N–C) groups is 1. The first-order valence-corrected chi connectivity index (χ1v) is 6.92. The van der Waals surface area contributed by atoms with Crippen molar-refractivity contribution in [1.29, 1.82) is 0 Å². The highest BCUT2D eigenvalue weighted by Crippen LogP contribution is 2.08. The number of amidine groups is 1. The fraction of sp³-hybridized carbons (Fsp3) is 0.786. The Labute approximate surface area is 105 Å². The lowest BCUT2D eigenvalue weighted by atomic mass is 10.2. The van der Waals surface area contributed by atoms with Crippen molar-refractivity contribution in [2.24, 2.45) is 4.99 Å². The van der Waals surface area contributed by atoms with Crippen LogP contribution in [-0.4, -0.2) is 42.1 Å². The first-order valence-electron chi connectivity index (χ1n) is 6.92. The van der Waals surface area contributed by atoms with Crippen molar-refractivity contribution in [3.8, 4) is 0 Å². The predicted octanol–water partition coefficient (Wildman–Crippen LogP) is 2.61. The van der Waals surface area contributed by atoms with Gasteiger partial charge in [-0.3, -0.25) is 4.99 Å². The van der Waals surface area contributed by atoms with Crippen LogP contribution in [0.15, 0.2) is 17.1 Å². The van der Waals surface area contributed by atoms with Crippen molar-refractivity contribution in [2.75, 3.05) is 26.2 Å². The van der Waals surface area contributed by atoms with Gasteiger partial charge in [0, 0.05) is 19.5 Å². The van der Waals surface area contributed by atoms with Crippen LogP contribution in [0.2, 0.25) is 0 Å². The summed E-state index contributed by atoms with van der Waals surface area (Å²) in [5, 5.41) is 8.93. The molecule has 0 amide bonds. The molecule has 1 aliphatic rings. The van der Waals surface area contributed by atoms with Crippen LogP contribution in [0, 0.1) is 0 Å². The summed E-state index contributed by atoms with van der Waals surface area (Å²) in [6.07, 6.45) is 11.8. The standard InChI is InChI=1S/C14H26N2O/c1-2-3-4-5-6-7-8-9-14-15-10-11-16(14)12-13-17/h6-7,17H,2-5,8-13H2,1H3/b7-6+. The van der Waals surface area contributed by atoms with E-state index < -0.39 is 0 Å². The molecule has 1 heterocycles. The molecule has 3 heteroatoms. The van der Waals surface area contributed by atoms with E-state index in [2.05, 4.69) is 29.0 Å². The number of nitrogens with zero attached hydrogens (tertiary/aromatic N) is 2. The average molecular weight is 238 g/mol. The summed E-state index contributed by atoms with van der Waals surface area (Å²) in [6, 6.07) is 0. The van der Waals surface area contributed by atoms with E-state index in [1.165, 1.54) is 31.5 Å². The summed E-state index contributed by atoms with van der Waals surface area (Å²) < 4.78 is 0. The molecular weight excluding hydrogens is 212 g/mol. The van der Waals surface area contributed by atoms with Crippen molar-refractivity contribution >= 4 is 5.84 Å². The quantitative estimate of drug-likeness (QED) is 0.495. The first kappa shape index (κ1) is 14.2. The van der Waals surface area contributed by atoms with Crippen LogP contribution in [0.25, 0.3) is 0 Å². The molecule has 0 spiro atoms. The molecule has 0 aromatic rings. The molecule has 0 aromatic carbocycles. The summed E-state index contributed by atoms with van der Waals surface area (Å²) in [6.45, 7) is 5.08. The van der Waals surface area contributed by atoms with Gasteiger partial charge in [-0.1, -0.05) is 31.9 Å². The van der Waals surface area contributed by atoms with Crippen LogP contribution in [0.3, 0.4) is 0 Å². The minimum Gasteiger partial charge on any atom is -0.395 e. The van der Waals surface area contributed by atoms with Gasteiger partial charge in [0.1, 0.15) is 0 Å². The fourth-order valence-corrected chi connectivity index (χ4v) is 2.09. The summed E-state index contributed by atoms with van der Waals surface area (Å²) in [7, 11) is 0. The summed E-state index contributed by atoms with van der Waals surface area (Å²) in [5.74, 6) is 1.18. The molecule has 0 fully saturated rings. The number of aliphatic hydroxyl groups excluding tert-OH is 1. The Bertz CT molecular complexity index is 249. The number of hydrogen-bond donors (Lipinski definition) is 1. The average Bonchev–Trinajstić information content (AvgIpc) is 2.76. The van der Waals surface area contributed by atoms with Crippen LogP contribution in [-0.2, 0) is 0 Å². The summed E-state index contributed by atoms with van der Waals surface area (Å²) >= 11 is 0. The molecule has 0 radical (unpaired) electrons. The van der Waals surface area contributed by atoms with E-state index in [4.69, 9.17) is 5.11 Å². The van der Waals surface area contributed by atoms with Crippen molar-refractivity contribution in [1.82, 2.24) is 4.90 Å². The smallest absolute Gasteiger partial charge is 0.0994 e. The molecule has 0 unspecified atom stereocenters. The lowest BCUT2D eigenvalue weighted by Crippen LogP contribution is -2.30. The molecule has 1 aliphatic heterocycles. The van der Waals surface area contributed by atoms with Crippen molar-refractivity contribution < 1.29 is 5.11 Å². The third kappa shape index (κ3) is 5.87.